The Balaban J connectivity index is 1.22. The van der Waals surface area contributed by atoms with Gasteiger partial charge in [-0.05, 0) is 43.2 Å². The Morgan fingerprint density at radius 3 is 2.68 bits per heavy atom. The average Bonchev–Trinajstić information content (AvgIpc) is 3.50. The molecular formula is C22H27N7O5. The van der Waals surface area contributed by atoms with Crippen LogP contribution in [0, 0.1) is 0 Å². The molecule has 2 aromatic heterocycles. The van der Waals surface area contributed by atoms with Crippen LogP contribution in [-0.4, -0.2) is 96.5 Å². The summed E-state index contributed by atoms with van der Waals surface area (Å²) in [4.78, 5) is 33.5. The number of nitrogens with zero attached hydrogens (tertiary/aromatic N) is 7. The summed E-state index contributed by atoms with van der Waals surface area (Å²) in [5, 5.41) is 21.7. The first kappa shape index (κ1) is 22.6. The maximum atomic E-state index is 13.5. The molecule has 0 bridgehead atoms. The van der Waals surface area contributed by atoms with Gasteiger partial charge in [0.15, 0.2) is 5.82 Å². The van der Waals surface area contributed by atoms with Gasteiger partial charge in [-0.1, -0.05) is 6.07 Å². The summed E-state index contributed by atoms with van der Waals surface area (Å²) in [6.45, 7) is 5.76. The molecule has 180 valence electrons. The second kappa shape index (κ2) is 8.85. The van der Waals surface area contributed by atoms with Gasteiger partial charge in [0.1, 0.15) is 18.5 Å². The lowest BCUT2D eigenvalue weighted by Gasteiger charge is -2.48. The van der Waals surface area contributed by atoms with E-state index in [1.54, 1.807) is 30.2 Å². The molecule has 1 amide bonds. The number of carbonyl (C=O) groups excluding carboxylic acids is 2. The largest absolute Gasteiger partial charge is 0.456 e. The summed E-state index contributed by atoms with van der Waals surface area (Å²) in [6, 6.07) is 3.38. The molecule has 5 rings (SSSR count). The number of ether oxygens (including phenoxy) is 2. The van der Waals surface area contributed by atoms with E-state index in [4.69, 9.17) is 9.47 Å². The van der Waals surface area contributed by atoms with Crippen LogP contribution >= 0.6 is 0 Å². The van der Waals surface area contributed by atoms with Crippen molar-refractivity contribution in [2.45, 2.75) is 44.4 Å². The van der Waals surface area contributed by atoms with Crippen LogP contribution in [0.1, 0.15) is 38.4 Å². The number of hydrogen-bond acceptors (Lipinski definition) is 10. The van der Waals surface area contributed by atoms with Crippen molar-refractivity contribution in [3.8, 4) is 5.82 Å². The van der Waals surface area contributed by atoms with E-state index in [-0.39, 0.29) is 24.5 Å². The summed E-state index contributed by atoms with van der Waals surface area (Å²) in [5.74, 6) is 0.0774. The molecule has 1 N–H and O–H groups in total. The van der Waals surface area contributed by atoms with E-state index in [1.807, 2.05) is 6.92 Å². The first-order valence-electron chi connectivity index (χ1n) is 11.3. The van der Waals surface area contributed by atoms with E-state index in [1.165, 1.54) is 11.0 Å². The van der Waals surface area contributed by atoms with E-state index in [0.717, 1.165) is 0 Å². The minimum absolute atomic E-state index is 0.110. The van der Waals surface area contributed by atoms with Gasteiger partial charge in [-0.2, -0.15) is 4.68 Å². The lowest BCUT2D eigenvalue weighted by molar-refractivity contribution is -0.184. The van der Waals surface area contributed by atoms with Crippen LogP contribution in [0.5, 0.6) is 0 Å². The van der Waals surface area contributed by atoms with Crippen LogP contribution in [-0.2, 0) is 19.1 Å². The number of likely N-dealkylation sites (tertiary alicyclic amines) is 1. The Morgan fingerprint density at radius 1 is 1.26 bits per heavy atom. The van der Waals surface area contributed by atoms with Crippen molar-refractivity contribution < 1.29 is 24.2 Å². The third kappa shape index (κ3) is 3.97. The lowest BCUT2D eigenvalue weighted by atomic mass is 9.87. The molecule has 2 saturated heterocycles. The molecule has 5 heterocycles. The monoisotopic (exact) mass is 469 g/mol. The maximum Gasteiger partial charge on any atom is 0.336 e. The van der Waals surface area contributed by atoms with Gasteiger partial charge in [0.25, 0.3) is 5.91 Å². The van der Waals surface area contributed by atoms with Crippen LogP contribution in [0.25, 0.3) is 5.82 Å². The number of aliphatic hydroxyl groups excluding tert-OH is 1. The summed E-state index contributed by atoms with van der Waals surface area (Å²) < 4.78 is 12.7. The molecule has 34 heavy (non-hydrogen) atoms. The van der Waals surface area contributed by atoms with Crippen LogP contribution in [0.15, 0.2) is 35.9 Å². The van der Waals surface area contributed by atoms with Crippen molar-refractivity contribution in [1.82, 2.24) is 35.0 Å². The first-order valence-corrected chi connectivity index (χ1v) is 11.3. The number of amides is 1. The number of piperidine rings is 1. The third-order valence-electron chi connectivity index (χ3n) is 6.85. The third-order valence-corrected chi connectivity index (χ3v) is 6.85. The highest BCUT2D eigenvalue weighted by Gasteiger charge is 2.51. The molecule has 12 heteroatoms. The zero-order chi connectivity index (χ0) is 23.9. The van der Waals surface area contributed by atoms with Gasteiger partial charge in [-0.3, -0.25) is 4.79 Å². The number of cyclic esters (lactones) is 1. The van der Waals surface area contributed by atoms with Crippen LogP contribution in [0.4, 0.5) is 0 Å². The molecule has 2 aromatic rings. The second-order valence-corrected chi connectivity index (χ2v) is 9.00. The number of rotatable bonds is 5. The van der Waals surface area contributed by atoms with Crippen molar-refractivity contribution in [2.75, 3.05) is 32.8 Å². The highest BCUT2D eigenvalue weighted by molar-refractivity contribution is 5.94. The topological polar surface area (TPSA) is 136 Å². The number of morpholine rings is 1. The Labute approximate surface area is 196 Å². The minimum atomic E-state index is -0.915. The van der Waals surface area contributed by atoms with Gasteiger partial charge in [0, 0.05) is 31.4 Å². The number of β-amino-alcohol motifs (C(OH)–C–C–N with tert-alkyl or cyclic N) is 1. The Morgan fingerprint density at radius 2 is 2.06 bits per heavy atom. The number of pyridine rings is 1. The highest BCUT2D eigenvalue weighted by Crippen LogP contribution is 2.36. The summed E-state index contributed by atoms with van der Waals surface area (Å²) in [7, 11) is 0. The van der Waals surface area contributed by atoms with E-state index in [0.29, 0.717) is 61.7 Å². The Hall–Kier alpha value is -3.22. The molecule has 3 aliphatic rings. The molecule has 3 aliphatic heterocycles. The number of aliphatic hydroxyl groups is 1. The zero-order valence-electron chi connectivity index (χ0n) is 19.1. The number of hydrogen-bond donors (Lipinski definition) is 1. The number of esters is 1. The molecule has 2 atom stereocenters. The maximum absolute atomic E-state index is 13.5. The zero-order valence-corrected chi connectivity index (χ0v) is 19.1. The van der Waals surface area contributed by atoms with E-state index < -0.39 is 11.7 Å². The lowest BCUT2D eigenvalue weighted by Crippen LogP contribution is -2.63. The van der Waals surface area contributed by atoms with Crippen molar-refractivity contribution >= 4 is 11.9 Å². The fourth-order valence-corrected chi connectivity index (χ4v) is 4.74. The fourth-order valence-electron chi connectivity index (χ4n) is 4.74. The van der Waals surface area contributed by atoms with E-state index in [9.17, 15) is 14.7 Å². The predicted molar refractivity (Wildman–Crippen MR) is 116 cm³/mol. The fraction of sp³-hybridized carbons (Fsp3) is 0.545. The quantitative estimate of drug-likeness (QED) is 0.596. The molecule has 0 radical (unpaired) electrons. The van der Waals surface area contributed by atoms with Crippen molar-refractivity contribution in [1.29, 1.82) is 0 Å². The number of carbonyl (C=O) groups is 2. The van der Waals surface area contributed by atoms with E-state index >= 15 is 0 Å². The van der Waals surface area contributed by atoms with Gasteiger partial charge >= 0.3 is 5.97 Å². The molecule has 0 aromatic carbocycles. The molecule has 0 aliphatic carbocycles. The highest BCUT2D eigenvalue weighted by atomic mass is 16.5. The van der Waals surface area contributed by atoms with E-state index in [2.05, 4.69) is 25.4 Å². The normalized spacial score (nSPS) is 24.1. The van der Waals surface area contributed by atoms with Crippen LogP contribution < -0.4 is 0 Å². The van der Waals surface area contributed by atoms with Gasteiger partial charge < -0.3 is 24.4 Å². The van der Waals surface area contributed by atoms with Crippen LogP contribution in [0.2, 0.25) is 0 Å². The molecular weight excluding hydrogens is 442 g/mol. The Bertz CT molecular complexity index is 1090. The van der Waals surface area contributed by atoms with Gasteiger partial charge in [0.2, 0.25) is 0 Å². The van der Waals surface area contributed by atoms with Crippen molar-refractivity contribution in [2.24, 2.45) is 0 Å². The van der Waals surface area contributed by atoms with Crippen LogP contribution in [0.3, 0.4) is 0 Å². The van der Waals surface area contributed by atoms with Gasteiger partial charge in [-0.25, -0.2) is 9.78 Å². The molecule has 2 unspecified atom stereocenters. The van der Waals surface area contributed by atoms with Crippen molar-refractivity contribution in [3.05, 3.63) is 41.5 Å². The molecule has 0 saturated carbocycles. The number of aromatic nitrogens is 5. The van der Waals surface area contributed by atoms with Gasteiger partial charge in [-0.15, -0.1) is 5.10 Å². The van der Waals surface area contributed by atoms with Crippen molar-refractivity contribution in [3.63, 3.8) is 0 Å². The second-order valence-electron chi connectivity index (χ2n) is 9.00. The SMILES string of the molecule is CC1=C(N2C(=O)C3(CCN(CC(O)c4ccc(-n5cnnn5)nc4)CC3)OCC2C)COC1=O. The summed E-state index contributed by atoms with van der Waals surface area (Å²) in [6.07, 6.45) is 3.37. The summed E-state index contributed by atoms with van der Waals surface area (Å²) in [5.41, 5.74) is 0.899. The molecule has 2 fully saturated rings. The molecule has 12 nitrogen and oxygen atoms in total. The first-order chi connectivity index (χ1) is 16.4. The Kier molecular flexibility index (Phi) is 5.88. The molecule has 1 spiro atoms. The average molecular weight is 470 g/mol. The summed E-state index contributed by atoms with van der Waals surface area (Å²) >= 11 is 0. The van der Waals surface area contributed by atoms with Gasteiger partial charge in [0.05, 0.1) is 30.0 Å². The minimum Gasteiger partial charge on any atom is -0.456 e. The number of tetrazole rings is 1. The predicted octanol–water partition coefficient (Wildman–Crippen LogP) is 0.00340. The standard InChI is InChI=1S/C22H27N7O5/c1-14-11-34-22(21(32)29(14)17-12-33-20(31)15(17)2)5-7-27(8-6-22)10-18(30)16-3-4-19(23-9-16)28-13-24-25-26-28/h3-4,9,13-14,18,30H,5-8,10-12H2,1-2H3. The smallest absolute Gasteiger partial charge is 0.336 e.